The van der Waals surface area contributed by atoms with E-state index in [1.54, 1.807) is 7.11 Å². The summed E-state index contributed by atoms with van der Waals surface area (Å²) >= 11 is 0. The zero-order valence-electron chi connectivity index (χ0n) is 12.5. The van der Waals surface area contributed by atoms with Crippen molar-refractivity contribution in [2.45, 2.75) is 31.9 Å². The molecule has 2 fully saturated rings. The van der Waals surface area contributed by atoms with Gasteiger partial charge in [0.1, 0.15) is 0 Å². The molecule has 0 N–H and O–H groups in total. The lowest BCUT2D eigenvalue weighted by atomic mass is 9.73. The molecule has 5 nitrogen and oxygen atoms in total. The van der Waals surface area contributed by atoms with E-state index in [9.17, 15) is 0 Å². The zero-order valence-corrected chi connectivity index (χ0v) is 12.5. The predicted molar refractivity (Wildman–Crippen MR) is 76.4 cm³/mol. The third-order valence-electron chi connectivity index (χ3n) is 4.66. The lowest BCUT2D eigenvalue weighted by Gasteiger charge is -2.50. The van der Waals surface area contributed by atoms with Crippen molar-refractivity contribution in [1.29, 1.82) is 0 Å². The quantitative estimate of drug-likeness (QED) is 0.836. The van der Waals surface area contributed by atoms with Gasteiger partial charge in [-0.05, 0) is 19.3 Å². The standard InChI is InChI=1S/C15H25N3O2/c1-17-9-13(8-16-17)10-18-6-4-14-15(11-18,12-19-2)5-3-7-20-14/h8-9,14H,3-7,10-12H2,1-2H3. The van der Waals surface area contributed by atoms with Crippen LogP contribution in [0.1, 0.15) is 24.8 Å². The fraction of sp³-hybridized carbons (Fsp3) is 0.800. The van der Waals surface area contributed by atoms with E-state index in [1.165, 1.54) is 12.0 Å². The molecule has 0 amide bonds. The molecule has 2 saturated heterocycles. The van der Waals surface area contributed by atoms with Gasteiger partial charge in [-0.25, -0.2) is 0 Å². The Bertz CT molecular complexity index is 444. The maximum absolute atomic E-state index is 6.02. The molecule has 2 aliphatic heterocycles. The topological polar surface area (TPSA) is 39.5 Å². The van der Waals surface area contributed by atoms with Crippen LogP contribution in [0.4, 0.5) is 0 Å². The largest absolute Gasteiger partial charge is 0.384 e. The van der Waals surface area contributed by atoms with E-state index in [2.05, 4.69) is 16.2 Å². The molecule has 2 unspecified atom stereocenters. The second kappa shape index (κ2) is 5.84. The van der Waals surface area contributed by atoms with E-state index in [4.69, 9.17) is 9.47 Å². The van der Waals surface area contributed by atoms with Crippen LogP contribution in [0.5, 0.6) is 0 Å². The van der Waals surface area contributed by atoms with Gasteiger partial charge in [0.05, 0.1) is 18.9 Å². The van der Waals surface area contributed by atoms with E-state index in [-0.39, 0.29) is 5.41 Å². The maximum Gasteiger partial charge on any atom is 0.0677 e. The molecular weight excluding hydrogens is 254 g/mol. The average Bonchev–Trinajstić information content (AvgIpc) is 2.84. The highest BCUT2D eigenvalue weighted by Crippen LogP contribution is 2.40. The molecule has 0 bridgehead atoms. The number of aromatic nitrogens is 2. The maximum atomic E-state index is 6.02. The van der Waals surface area contributed by atoms with Crippen LogP contribution in [0.3, 0.4) is 0 Å². The van der Waals surface area contributed by atoms with E-state index in [0.29, 0.717) is 6.10 Å². The van der Waals surface area contributed by atoms with Crippen molar-refractivity contribution < 1.29 is 9.47 Å². The molecule has 2 atom stereocenters. The van der Waals surface area contributed by atoms with E-state index >= 15 is 0 Å². The minimum Gasteiger partial charge on any atom is -0.384 e. The van der Waals surface area contributed by atoms with Crippen LogP contribution >= 0.6 is 0 Å². The van der Waals surface area contributed by atoms with Crippen LogP contribution in [0.25, 0.3) is 0 Å². The molecule has 20 heavy (non-hydrogen) atoms. The van der Waals surface area contributed by atoms with Crippen molar-refractivity contribution in [2.24, 2.45) is 12.5 Å². The van der Waals surface area contributed by atoms with Gasteiger partial charge in [0.25, 0.3) is 0 Å². The molecule has 0 radical (unpaired) electrons. The van der Waals surface area contributed by atoms with Gasteiger partial charge in [-0.1, -0.05) is 0 Å². The summed E-state index contributed by atoms with van der Waals surface area (Å²) in [6, 6.07) is 0. The third-order valence-corrected chi connectivity index (χ3v) is 4.66. The van der Waals surface area contributed by atoms with Crippen molar-refractivity contribution in [3.8, 4) is 0 Å². The van der Waals surface area contributed by atoms with Crippen LogP contribution < -0.4 is 0 Å². The molecule has 0 aliphatic carbocycles. The Hall–Kier alpha value is -0.910. The van der Waals surface area contributed by atoms with Crippen molar-refractivity contribution in [2.75, 3.05) is 33.4 Å². The molecule has 5 heteroatoms. The Balaban J connectivity index is 1.69. The molecule has 1 aromatic rings. The number of fused-ring (bicyclic) bond motifs is 1. The minimum atomic E-state index is 0.188. The summed E-state index contributed by atoms with van der Waals surface area (Å²) in [5.41, 5.74) is 1.48. The molecule has 0 saturated carbocycles. The van der Waals surface area contributed by atoms with E-state index in [1.807, 2.05) is 17.9 Å². The van der Waals surface area contributed by atoms with Gasteiger partial charge in [-0.2, -0.15) is 5.10 Å². The highest BCUT2D eigenvalue weighted by atomic mass is 16.5. The fourth-order valence-electron chi connectivity index (χ4n) is 3.83. The number of hydrogen-bond acceptors (Lipinski definition) is 4. The summed E-state index contributed by atoms with van der Waals surface area (Å²) in [5, 5.41) is 4.26. The summed E-state index contributed by atoms with van der Waals surface area (Å²) in [5.74, 6) is 0. The summed E-state index contributed by atoms with van der Waals surface area (Å²) in [6.45, 7) is 4.87. The minimum absolute atomic E-state index is 0.188. The first-order chi connectivity index (χ1) is 9.72. The molecular formula is C15H25N3O2. The SMILES string of the molecule is COCC12CCCOC1CCN(Cc1cnn(C)c1)C2. The van der Waals surface area contributed by atoms with Gasteiger partial charge in [0.15, 0.2) is 0 Å². The second-order valence-electron chi connectivity index (χ2n) is 6.28. The van der Waals surface area contributed by atoms with Crippen molar-refractivity contribution in [1.82, 2.24) is 14.7 Å². The van der Waals surface area contributed by atoms with Gasteiger partial charge in [0, 0.05) is 57.6 Å². The lowest BCUT2D eigenvalue weighted by Crippen LogP contribution is -2.56. The molecule has 112 valence electrons. The predicted octanol–water partition coefficient (Wildman–Crippen LogP) is 1.44. The normalized spacial score (nSPS) is 31.2. The number of piperidine rings is 1. The number of rotatable bonds is 4. The summed E-state index contributed by atoms with van der Waals surface area (Å²) in [7, 11) is 3.78. The van der Waals surface area contributed by atoms with Crippen molar-refractivity contribution >= 4 is 0 Å². The van der Waals surface area contributed by atoms with E-state index < -0.39 is 0 Å². The molecule has 2 aliphatic rings. The Morgan fingerprint density at radius 3 is 3.20 bits per heavy atom. The number of aryl methyl sites for hydroxylation is 1. The van der Waals surface area contributed by atoms with Gasteiger partial charge in [0.2, 0.25) is 0 Å². The summed E-state index contributed by atoms with van der Waals surface area (Å²) < 4.78 is 13.4. The van der Waals surface area contributed by atoms with Crippen LogP contribution in [0.15, 0.2) is 12.4 Å². The Kier molecular flexibility index (Phi) is 4.10. The van der Waals surface area contributed by atoms with Crippen LogP contribution in [-0.2, 0) is 23.1 Å². The van der Waals surface area contributed by atoms with Gasteiger partial charge in [-0.3, -0.25) is 9.58 Å². The number of ether oxygens (including phenoxy) is 2. The monoisotopic (exact) mass is 279 g/mol. The smallest absolute Gasteiger partial charge is 0.0677 e. The van der Waals surface area contributed by atoms with Gasteiger partial charge >= 0.3 is 0 Å². The number of nitrogens with zero attached hydrogens (tertiary/aromatic N) is 3. The molecule has 3 rings (SSSR count). The highest BCUT2D eigenvalue weighted by Gasteiger charge is 2.45. The highest BCUT2D eigenvalue weighted by molar-refractivity contribution is 5.05. The average molecular weight is 279 g/mol. The van der Waals surface area contributed by atoms with E-state index in [0.717, 1.165) is 45.7 Å². The number of hydrogen-bond donors (Lipinski definition) is 0. The first kappa shape index (κ1) is 14.0. The van der Waals surface area contributed by atoms with Crippen molar-refractivity contribution in [3.63, 3.8) is 0 Å². The van der Waals surface area contributed by atoms with Crippen molar-refractivity contribution in [3.05, 3.63) is 18.0 Å². The number of likely N-dealkylation sites (tertiary alicyclic amines) is 1. The molecule has 3 heterocycles. The Labute approximate surface area is 120 Å². The lowest BCUT2D eigenvalue weighted by molar-refractivity contribution is -0.149. The first-order valence-electron chi connectivity index (χ1n) is 7.52. The number of methoxy groups -OCH3 is 1. The third kappa shape index (κ3) is 2.75. The molecule has 1 aromatic heterocycles. The zero-order chi connectivity index (χ0) is 14.0. The first-order valence-corrected chi connectivity index (χ1v) is 7.52. The second-order valence-corrected chi connectivity index (χ2v) is 6.28. The fourth-order valence-corrected chi connectivity index (χ4v) is 3.83. The Morgan fingerprint density at radius 2 is 2.45 bits per heavy atom. The Morgan fingerprint density at radius 1 is 1.55 bits per heavy atom. The molecule has 0 spiro atoms. The summed E-state index contributed by atoms with van der Waals surface area (Å²) in [4.78, 5) is 2.53. The van der Waals surface area contributed by atoms with Crippen LogP contribution in [0, 0.1) is 5.41 Å². The van der Waals surface area contributed by atoms with Gasteiger partial charge < -0.3 is 9.47 Å². The van der Waals surface area contributed by atoms with Crippen LogP contribution in [-0.4, -0.2) is 54.2 Å². The van der Waals surface area contributed by atoms with Gasteiger partial charge in [-0.15, -0.1) is 0 Å². The summed E-state index contributed by atoms with van der Waals surface area (Å²) in [6.07, 6.45) is 7.93. The van der Waals surface area contributed by atoms with Crippen LogP contribution in [0.2, 0.25) is 0 Å². The molecule has 0 aromatic carbocycles.